The molecule has 0 bridgehead atoms. The van der Waals surface area contributed by atoms with Crippen LogP contribution in [0, 0.1) is 6.92 Å². The van der Waals surface area contributed by atoms with E-state index in [9.17, 15) is 4.79 Å². The first-order chi connectivity index (χ1) is 12.6. The Kier molecular flexibility index (Phi) is 5.96. The smallest absolute Gasteiger partial charge is 0.240 e. The van der Waals surface area contributed by atoms with Gasteiger partial charge in [0.05, 0.1) is 12.8 Å². The minimum absolute atomic E-state index is 0.168. The molecular formula is C19H19ClN2O4. The third-order valence-electron chi connectivity index (χ3n) is 3.74. The number of fused-ring (bicyclic) bond motifs is 1. The summed E-state index contributed by atoms with van der Waals surface area (Å²) in [5.74, 6) is 1.99. The third kappa shape index (κ3) is 4.89. The molecule has 0 fully saturated rings. The molecule has 0 radical (unpaired) electrons. The van der Waals surface area contributed by atoms with Crippen LogP contribution in [0.3, 0.4) is 0 Å². The predicted molar refractivity (Wildman–Crippen MR) is 99.2 cm³/mol. The van der Waals surface area contributed by atoms with E-state index in [-0.39, 0.29) is 12.7 Å². The van der Waals surface area contributed by atoms with Gasteiger partial charge in [0.15, 0.2) is 11.5 Å². The lowest BCUT2D eigenvalue weighted by atomic mass is 10.2. The first-order valence-electron chi connectivity index (χ1n) is 8.22. The van der Waals surface area contributed by atoms with Crippen molar-refractivity contribution in [1.82, 2.24) is 5.43 Å². The van der Waals surface area contributed by atoms with Gasteiger partial charge in [0.25, 0.3) is 0 Å². The number of rotatable bonds is 7. The van der Waals surface area contributed by atoms with Gasteiger partial charge in [0.2, 0.25) is 12.7 Å². The molecule has 26 heavy (non-hydrogen) atoms. The number of hydrogen-bond donors (Lipinski definition) is 1. The van der Waals surface area contributed by atoms with Gasteiger partial charge in [0, 0.05) is 11.4 Å². The number of ether oxygens (including phenoxy) is 3. The molecule has 2 aromatic carbocycles. The number of carbonyl (C=O) groups is 1. The van der Waals surface area contributed by atoms with Gasteiger partial charge in [-0.15, -0.1) is 0 Å². The maximum absolute atomic E-state index is 11.8. The highest BCUT2D eigenvalue weighted by Crippen LogP contribution is 2.31. The van der Waals surface area contributed by atoms with Crippen LogP contribution in [-0.4, -0.2) is 25.5 Å². The fourth-order valence-corrected chi connectivity index (χ4v) is 2.64. The summed E-state index contributed by atoms with van der Waals surface area (Å²) >= 11 is 5.91. The van der Waals surface area contributed by atoms with Crippen molar-refractivity contribution in [2.45, 2.75) is 19.8 Å². The van der Waals surface area contributed by atoms with Crippen molar-refractivity contribution in [3.8, 4) is 17.2 Å². The number of aryl methyl sites for hydroxylation is 1. The molecule has 0 saturated heterocycles. The highest BCUT2D eigenvalue weighted by Gasteiger charge is 2.12. The standard InChI is InChI=1S/C19H19ClN2O4/c1-13-9-15(20)5-7-16(13)24-8-2-3-19(23)22-21-11-14-4-6-17-18(10-14)26-12-25-17/h4-7,9-11H,2-3,8,12H2,1H3,(H,22,23). The van der Waals surface area contributed by atoms with Crippen LogP contribution in [0.2, 0.25) is 5.02 Å². The summed E-state index contributed by atoms with van der Waals surface area (Å²) < 4.78 is 16.2. The predicted octanol–water partition coefficient (Wildman–Crippen LogP) is 3.69. The lowest BCUT2D eigenvalue weighted by molar-refractivity contribution is -0.121. The van der Waals surface area contributed by atoms with Gasteiger partial charge in [-0.05, 0) is 60.9 Å². The Morgan fingerprint density at radius 3 is 2.96 bits per heavy atom. The number of carbonyl (C=O) groups excluding carboxylic acids is 1. The van der Waals surface area contributed by atoms with Crippen molar-refractivity contribution in [2.75, 3.05) is 13.4 Å². The number of hydrazone groups is 1. The number of nitrogens with zero attached hydrogens (tertiary/aromatic N) is 1. The Balaban J connectivity index is 1.37. The van der Waals surface area contributed by atoms with Gasteiger partial charge in [0.1, 0.15) is 5.75 Å². The van der Waals surface area contributed by atoms with E-state index in [0.717, 1.165) is 16.9 Å². The van der Waals surface area contributed by atoms with E-state index < -0.39 is 0 Å². The van der Waals surface area contributed by atoms with Gasteiger partial charge in [-0.3, -0.25) is 4.79 Å². The van der Waals surface area contributed by atoms with Gasteiger partial charge in [-0.1, -0.05) is 11.6 Å². The average molecular weight is 375 g/mol. The van der Waals surface area contributed by atoms with E-state index in [1.54, 1.807) is 18.3 Å². The summed E-state index contributed by atoms with van der Waals surface area (Å²) in [4.78, 5) is 11.8. The van der Waals surface area contributed by atoms with E-state index >= 15 is 0 Å². The molecular weight excluding hydrogens is 356 g/mol. The zero-order valence-corrected chi connectivity index (χ0v) is 15.1. The number of amides is 1. The molecule has 2 aromatic rings. The SMILES string of the molecule is Cc1cc(Cl)ccc1OCCCC(=O)NN=Cc1ccc2c(c1)OCO2. The minimum Gasteiger partial charge on any atom is -0.493 e. The van der Waals surface area contributed by atoms with E-state index in [1.807, 2.05) is 31.2 Å². The molecule has 1 N–H and O–H groups in total. The van der Waals surface area contributed by atoms with Gasteiger partial charge >= 0.3 is 0 Å². The molecule has 0 unspecified atom stereocenters. The Bertz CT molecular complexity index is 823. The van der Waals surface area contributed by atoms with Crippen LogP contribution in [0.25, 0.3) is 0 Å². The topological polar surface area (TPSA) is 69.2 Å². The van der Waals surface area contributed by atoms with Crippen LogP contribution >= 0.6 is 11.6 Å². The second-order valence-corrected chi connectivity index (χ2v) is 6.20. The number of nitrogens with one attached hydrogen (secondary N) is 1. The van der Waals surface area contributed by atoms with Crippen LogP contribution in [-0.2, 0) is 4.79 Å². The second-order valence-electron chi connectivity index (χ2n) is 5.77. The lowest BCUT2D eigenvalue weighted by Gasteiger charge is -2.08. The second kappa shape index (κ2) is 8.58. The van der Waals surface area contributed by atoms with Crippen molar-refractivity contribution < 1.29 is 19.0 Å². The molecule has 0 aliphatic carbocycles. The molecule has 0 saturated carbocycles. The van der Waals surface area contributed by atoms with Crippen LogP contribution < -0.4 is 19.6 Å². The summed E-state index contributed by atoms with van der Waals surface area (Å²) in [6.07, 6.45) is 2.48. The van der Waals surface area contributed by atoms with Gasteiger partial charge in [-0.2, -0.15) is 5.10 Å². The normalized spacial score (nSPS) is 12.4. The summed E-state index contributed by atoms with van der Waals surface area (Å²) in [6.45, 7) is 2.60. The Morgan fingerprint density at radius 1 is 1.27 bits per heavy atom. The highest BCUT2D eigenvalue weighted by atomic mass is 35.5. The van der Waals surface area contributed by atoms with E-state index in [2.05, 4.69) is 10.5 Å². The molecule has 7 heteroatoms. The maximum Gasteiger partial charge on any atom is 0.240 e. The quantitative estimate of drug-likeness (QED) is 0.456. The minimum atomic E-state index is -0.168. The van der Waals surface area contributed by atoms with Crippen molar-refractivity contribution in [3.05, 3.63) is 52.5 Å². The first-order valence-corrected chi connectivity index (χ1v) is 8.60. The van der Waals surface area contributed by atoms with Crippen LogP contribution in [0.1, 0.15) is 24.0 Å². The molecule has 0 spiro atoms. The Labute approximate surface area is 156 Å². The molecule has 1 aliphatic heterocycles. The number of hydrogen-bond acceptors (Lipinski definition) is 5. The highest BCUT2D eigenvalue weighted by molar-refractivity contribution is 6.30. The largest absolute Gasteiger partial charge is 0.493 e. The van der Waals surface area contributed by atoms with E-state index in [4.69, 9.17) is 25.8 Å². The molecule has 0 atom stereocenters. The third-order valence-corrected chi connectivity index (χ3v) is 3.98. The zero-order valence-electron chi connectivity index (χ0n) is 14.3. The van der Waals surface area contributed by atoms with E-state index in [0.29, 0.717) is 36.0 Å². The zero-order chi connectivity index (χ0) is 18.4. The fourth-order valence-electron chi connectivity index (χ4n) is 2.42. The van der Waals surface area contributed by atoms with Crippen LogP contribution in [0.15, 0.2) is 41.5 Å². The summed E-state index contributed by atoms with van der Waals surface area (Å²) in [6, 6.07) is 10.9. The molecule has 6 nitrogen and oxygen atoms in total. The fraction of sp³-hybridized carbons (Fsp3) is 0.263. The number of halogens is 1. The van der Waals surface area contributed by atoms with Crippen molar-refractivity contribution in [1.29, 1.82) is 0 Å². The van der Waals surface area contributed by atoms with Gasteiger partial charge < -0.3 is 14.2 Å². The first kappa shape index (κ1) is 18.1. The Morgan fingerprint density at radius 2 is 2.12 bits per heavy atom. The van der Waals surface area contributed by atoms with Crippen molar-refractivity contribution in [3.63, 3.8) is 0 Å². The number of benzene rings is 2. The summed E-state index contributed by atoms with van der Waals surface area (Å²) in [5.41, 5.74) is 4.29. The molecule has 1 amide bonds. The van der Waals surface area contributed by atoms with Crippen molar-refractivity contribution >= 4 is 23.7 Å². The lowest BCUT2D eigenvalue weighted by Crippen LogP contribution is -2.18. The average Bonchev–Trinajstić information content (AvgIpc) is 3.08. The summed E-state index contributed by atoms with van der Waals surface area (Å²) in [7, 11) is 0. The molecule has 0 aromatic heterocycles. The monoisotopic (exact) mass is 374 g/mol. The molecule has 3 rings (SSSR count). The van der Waals surface area contributed by atoms with Crippen molar-refractivity contribution in [2.24, 2.45) is 5.10 Å². The maximum atomic E-state index is 11.8. The van der Waals surface area contributed by atoms with Crippen LogP contribution in [0.5, 0.6) is 17.2 Å². The van der Waals surface area contributed by atoms with Gasteiger partial charge in [-0.25, -0.2) is 5.43 Å². The molecule has 1 heterocycles. The molecule has 136 valence electrons. The molecule has 1 aliphatic rings. The van der Waals surface area contributed by atoms with E-state index in [1.165, 1.54) is 0 Å². The summed E-state index contributed by atoms with van der Waals surface area (Å²) in [5, 5.41) is 4.63. The van der Waals surface area contributed by atoms with Crippen LogP contribution in [0.4, 0.5) is 0 Å². The Hall–Kier alpha value is -2.73.